The van der Waals surface area contributed by atoms with Crippen molar-refractivity contribution in [2.75, 3.05) is 23.2 Å². The van der Waals surface area contributed by atoms with Crippen molar-refractivity contribution >= 4 is 29.6 Å². The topological polar surface area (TPSA) is 35.9 Å². The van der Waals surface area contributed by atoms with Crippen LogP contribution in [0.3, 0.4) is 0 Å². The Balaban J connectivity index is 2.24. The van der Waals surface area contributed by atoms with E-state index in [0.29, 0.717) is 18.3 Å². The molecule has 120 valence electrons. The SMILES string of the molecule is CCCc1ccccc1N1CN(/N=C/C(C)C)CSCC1=O. The summed E-state index contributed by atoms with van der Waals surface area (Å²) < 4.78 is 0. The molecule has 0 aliphatic carbocycles. The number of aryl methyl sites for hydroxylation is 1. The van der Waals surface area contributed by atoms with Crippen LogP contribution < -0.4 is 4.90 Å². The van der Waals surface area contributed by atoms with Gasteiger partial charge < -0.3 is 0 Å². The number of rotatable bonds is 5. The van der Waals surface area contributed by atoms with Gasteiger partial charge in [0.25, 0.3) is 0 Å². The summed E-state index contributed by atoms with van der Waals surface area (Å²) in [6.45, 7) is 6.90. The molecule has 0 aromatic heterocycles. The minimum absolute atomic E-state index is 0.163. The predicted molar refractivity (Wildman–Crippen MR) is 95.3 cm³/mol. The minimum atomic E-state index is 0.163. The molecule has 1 heterocycles. The van der Waals surface area contributed by atoms with E-state index in [1.165, 1.54) is 5.56 Å². The van der Waals surface area contributed by atoms with Crippen molar-refractivity contribution in [3.8, 4) is 0 Å². The maximum absolute atomic E-state index is 12.5. The number of amides is 1. The average Bonchev–Trinajstić information content (AvgIpc) is 2.68. The lowest BCUT2D eigenvalue weighted by Crippen LogP contribution is -2.38. The number of hydrogen-bond donors (Lipinski definition) is 0. The van der Waals surface area contributed by atoms with Gasteiger partial charge in [-0.25, -0.2) is 0 Å². The fourth-order valence-corrected chi connectivity index (χ4v) is 3.14. The van der Waals surface area contributed by atoms with E-state index in [9.17, 15) is 4.79 Å². The van der Waals surface area contributed by atoms with Crippen LogP contribution in [0.1, 0.15) is 32.8 Å². The highest BCUT2D eigenvalue weighted by Crippen LogP contribution is 2.25. The Morgan fingerprint density at radius 1 is 1.36 bits per heavy atom. The molecule has 4 nitrogen and oxygen atoms in total. The number of benzene rings is 1. The molecule has 1 fully saturated rings. The fraction of sp³-hybridized carbons (Fsp3) is 0.529. The smallest absolute Gasteiger partial charge is 0.238 e. The summed E-state index contributed by atoms with van der Waals surface area (Å²) in [4.78, 5) is 14.4. The Morgan fingerprint density at radius 3 is 2.86 bits per heavy atom. The third-order valence-corrected chi connectivity index (χ3v) is 4.33. The van der Waals surface area contributed by atoms with E-state index in [2.05, 4.69) is 31.9 Å². The average molecular weight is 319 g/mol. The fourth-order valence-electron chi connectivity index (χ4n) is 2.36. The number of hydrazone groups is 1. The Morgan fingerprint density at radius 2 is 2.14 bits per heavy atom. The van der Waals surface area contributed by atoms with E-state index in [4.69, 9.17) is 0 Å². The Hall–Kier alpha value is -1.49. The molecule has 1 aromatic rings. The highest BCUT2D eigenvalue weighted by atomic mass is 32.2. The Kier molecular flexibility index (Phi) is 6.31. The lowest BCUT2D eigenvalue weighted by atomic mass is 10.1. The second-order valence-corrected chi connectivity index (χ2v) is 6.79. The van der Waals surface area contributed by atoms with Gasteiger partial charge in [-0.05, 0) is 24.0 Å². The number of hydrogen-bond acceptors (Lipinski definition) is 4. The number of anilines is 1. The van der Waals surface area contributed by atoms with Gasteiger partial charge in [-0.15, -0.1) is 11.8 Å². The van der Waals surface area contributed by atoms with E-state index >= 15 is 0 Å². The number of carbonyl (C=O) groups excluding carboxylic acids is 1. The monoisotopic (exact) mass is 319 g/mol. The highest BCUT2D eigenvalue weighted by molar-refractivity contribution is 7.99. The second-order valence-electron chi connectivity index (χ2n) is 5.83. The molecule has 0 saturated carbocycles. The molecule has 0 atom stereocenters. The maximum atomic E-state index is 12.5. The normalized spacial score (nSPS) is 16.6. The maximum Gasteiger partial charge on any atom is 0.238 e. The number of carbonyl (C=O) groups is 1. The van der Waals surface area contributed by atoms with Crippen LogP contribution in [-0.4, -0.2) is 35.4 Å². The van der Waals surface area contributed by atoms with Crippen molar-refractivity contribution < 1.29 is 4.79 Å². The van der Waals surface area contributed by atoms with E-state index in [-0.39, 0.29) is 5.91 Å². The summed E-state index contributed by atoms with van der Waals surface area (Å²) >= 11 is 1.62. The zero-order valence-electron chi connectivity index (χ0n) is 13.7. The van der Waals surface area contributed by atoms with Gasteiger partial charge in [-0.3, -0.25) is 14.7 Å². The van der Waals surface area contributed by atoms with E-state index < -0.39 is 0 Å². The van der Waals surface area contributed by atoms with Crippen molar-refractivity contribution in [2.24, 2.45) is 11.0 Å². The molecule has 5 heteroatoms. The summed E-state index contributed by atoms with van der Waals surface area (Å²) in [6.07, 6.45) is 4.00. The summed E-state index contributed by atoms with van der Waals surface area (Å²) in [5.41, 5.74) is 2.26. The first-order chi connectivity index (χ1) is 10.6. The quantitative estimate of drug-likeness (QED) is 0.778. The van der Waals surface area contributed by atoms with Gasteiger partial charge in [0.05, 0.1) is 11.6 Å². The molecule has 0 spiro atoms. The van der Waals surface area contributed by atoms with Crippen molar-refractivity contribution in [1.82, 2.24) is 5.01 Å². The molecule has 2 rings (SSSR count). The van der Waals surface area contributed by atoms with Gasteiger partial charge in [0.2, 0.25) is 5.91 Å². The third kappa shape index (κ3) is 4.50. The summed E-state index contributed by atoms with van der Waals surface area (Å²) in [7, 11) is 0. The van der Waals surface area contributed by atoms with Crippen molar-refractivity contribution in [3.05, 3.63) is 29.8 Å². The molecule has 0 N–H and O–H groups in total. The second kappa shape index (κ2) is 8.22. The summed E-state index contributed by atoms with van der Waals surface area (Å²) in [6, 6.07) is 8.21. The number of nitrogens with zero attached hydrogens (tertiary/aromatic N) is 3. The molecular weight excluding hydrogens is 294 g/mol. The molecule has 1 aliphatic heterocycles. The molecule has 0 bridgehead atoms. The van der Waals surface area contributed by atoms with Crippen LogP contribution in [0.5, 0.6) is 0 Å². The lowest BCUT2D eigenvalue weighted by molar-refractivity contribution is -0.116. The van der Waals surface area contributed by atoms with Crippen LogP contribution in [0.15, 0.2) is 29.4 Å². The lowest BCUT2D eigenvalue weighted by Gasteiger charge is -2.27. The van der Waals surface area contributed by atoms with E-state index in [1.807, 2.05) is 34.3 Å². The van der Waals surface area contributed by atoms with E-state index in [0.717, 1.165) is 24.4 Å². The summed E-state index contributed by atoms with van der Waals surface area (Å²) in [5.74, 6) is 1.83. The first kappa shape index (κ1) is 16.9. The third-order valence-electron chi connectivity index (χ3n) is 3.40. The minimum Gasteiger partial charge on any atom is -0.292 e. The van der Waals surface area contributed by atoms with Gasteiger partial charge >= 0.3 is 0 Å². The van der Waals surface area contributed by atoms with Crippen LogP contribution >= 0.6 is 11.8 Å². The predicted octanol–water partition coefficient (Wildman–Crippen LogP) is 3.58. The van der Waals surface area contributed by atoms with Crippen molar-refractivity contribution in [2.45, 2.75) is 33.6 Å². The molecule has 1 aliphatic rings. The number of para-hydroxylation sites is 1. The van der Waals surface area contributed by atoms with Crippen LogP contribution in [0.25, 0.3) is 0 Å². The molecule has 0 unspecified atom stereocenters. The molecule has 0 radical (unpaired) electrons. The molecule has 1 amide bonds. The molecule has 1 saturated heterocycles. The standard InChI is InChI=1S/C17H25N3OS/c1-4-7-15-8-5-6-9-16(15)20-12-19(18-10-14(2)3)13-22-11-17(20)21/h5-6,8-10,14H,4,7,11-13H2,1-3H3/b18-10+. The number of thioether (sulfide) groups is 1. The largest absolute Gasteiger partial charge is 0.292 e. The van der Waals surface area contributed by atoms with E-state index in [1.54, 1.807) is 11.8 Å². The van der Waals surface area contributed by atoms with Crippen LogP contribution in [0.4, 0.5) is 5.69 Å². The van der Waals surface area contributed by atoms with Gasteiger partial charge in [0.15, 0.2) is 0 Å². The van der Waals surface area contributed by atoms with Crippen LogP contribution in [-0.2, 0) is 11.2 Å². The van der Waals surface area contributed by atoms with Gasteiger partial charge in [0.1, 0.15) is 6.67 Å². The molecule has 1 aromatic carbocycles. The Bertz CT molecular complexity index is 530. The van der Waals surface area contributed by atoms with Crippen LogP contribution in [0, 0.1) is 5.92 Å². The zero-order valence-corrected chi connectivity index (χ0v) is 14.5. The van der Waals surface area contributed by atoms with Gasteiger partial charge in [-0.1, -0.05) is 45.4 Å². The van der Waals surface area contributed by atoms with Crippen LogP contribution in [0.2, 0.25) is 0 Å². The first-order valence-corrected chi connectivity index (χ1v) is 9.02. The molecular formula is C17H25N3OS. The van der Waals surface area contributed by atoms with Gasteiger partial charge in [-0.2, -0.15) is 5.10 Å². The molecule has 22 heavy (non-hydrogen) atoms. The van der Waals surface area contributed by atoms with Gasteiger partial charge in [0, 0.05) is 11.9 Å². The summed E-state index contributed by atoms with van der Waals surface area (Å²) in [5, 5.41) is 6.49. The van der Waals surface area contributed by atoms with Crippen molar-refractivity contribution in [1.29, 1.82) is 0 Å². The zero-order chi connectivity index (χ0) is 15.9. The first-order valence-electron chi connectivity index (χ1n) is 7.87. The Labute approximate surface area is 137 Å². The van der Waals surface area contributed by atoms with Crippen molar-refractivity contribution in [3.63, 3.8) is 0 Å². The highest BCUT2D eigenvalue weighted by Gasteiger charge is 2.23.